The van der Waals surface area contributed by atoms with E-state index in [2.05, 4.69) is 17.2 Å². The van der Waals surface area contributed by atoms with E-state index in [0.29, 0.717) is 23.6 Å². The van der Waals surface area contributed by atoms with Crippen molar-refractivity contribution < 1.29 is 14.3 Å². The van der Waals surface area contributed by atoms with Crippen molar-refractivity contribution in [3.8, 4) is 5.75 Å². The fraction of sp³-hybridized carbons (Fsp3) is 0.238. The predicted octanol–water partition coefficient (Wildman–Crippen LogP) is 3.39. The van der Waals surface area contributed by atoms with Crippen LogP contribution in [0.25, 0.3) is 0 Å². The van der Waals surface area contributed by atoms with E-state index in [1.807, 2.05) is 31.2 Å². The van der Waals surface area contributed by atoms with Crippen LogP contribution in [0, 0.1) is 0 Å². The lowest BCUT2D eigenvalue weighted by Gasteiger charge is -2.12. The Morgan fingerprint density at radius 2 is 1.78 bits per heavy atom. The Labute approximate surface area is 159 Å². The van der Waals surface area contributed by atoms with Crippen LogP contribution in [0.2, 0.25) is 0 Å². The number of rotatable bonds is 8. The molecule has 0 aliphatic rings. The number of benzene rings is 2. The van der Waals surface area contributed by atoms with Gasteiger partial charge in [-0.05, 0) is 48.9 Å². The van der Waals surface area contributed by atoms with E-state index in [0.717, 1.165) is 11.3 Å². The lowest BCUT2D eigenvalue weighted by atomic mass is 10.2. The van der Waals surface area contributed by atoms with Crippen LogP contribution in [0.3, 0.4) is 0 Å². The van der Waals surface area contributed by atoms with Crippen LogP contribution in [-0.4, -0.2) is 44.0 Å². The Morgan fingerprint density at radius 3 is 2.41 bits per heavy atom. The van der Waals surface area contributed by atoms with Crippen molar-refractivity contribution in [2.24, 2.45) is 0 Å². The number of anilines is 2. The molecule has 0 spiro atoms. The molecule has 2 aromatic rings. The Kier molecular flexibility index (Phi) is 7.00. The maximum Gasteiger partial charge on any atom is 0.253 e. The zero-order chi connectivity index (χ0) is 19.8. The van der Waals surface area contributed by atoms with Gasteiger partial charge in [0, 0.05) is 37.1 Å². The molecule has 0 unspecified atom stereocenters. The highest BCUT2D eigenvalue weighted by atomic mass is 16.5. The monoisotopic (exact) mass is 367 g/mol. The lowest BCUT2D eigenvalue weighted by molar-refractivity contribution is -0.114. The van der Waals surface area contributed by atoms with Crippen molar-refractivity contribution in [3.63, 3.8) is 0 Å². The molecule has 0 aliphatic heterocycles. The third kappa shape index (κ3) is 6.51. The number of nitrogens with zero attached hydrogens (tertiary/aromatic N) is 1. The molecule has 0 aliphatic carbocycles. The molecule has 2 amide bonds. The second kappa shape index (κ2) is 9.43. The molecule has 0 atom stereocenters. The van der Waals surface area contributed by atoms with E-state index >= 15 is 0 Å². The molecular formula is C21H25N3O3. The molecule has 0 saturated heterocycles. The van der Waals surface area contributed by atoms with Crippen LogP contribution in [0.15, 0.2) is 60.7 Å². The topological polar surface area (TPSA) is 70.7 Å². The molecule has 2 aromatic carbocycles. The van der Waals surface area contributed by atoms with Gasteiger partial charge in [0.25, 0.3) is 5.91 Å². The summed E-state index contributed by atoms with van der Waals surface area (Å²) in [7, 11) is 3.39. The summed E-state index contributed by atoms with van der Waals surface area (Å²) in [5.41, 5.74) is 2.93. The second-order valence-corrected chi connectivity index (χ2v) is 6.45. The van der Waals surface area contributed by atoms with Crippen molar-refractivity contribution in [1.29, 1.82) is 0 Å². The summed E-state index contributed by atoms with van der Waals surface area (Å²) in [6.07, 6.45) is 0. The van der Waals surface area contributed by atoms with E-state index in [1.54, 1.807) is 38.4 Å². The Bertz CT molecular complexity index is 814. The molecule has 2 N–H and O–H groups in total. The van der Waals surface area contributed by atoms with Gasteiger partial charge < -0.3 is 20.3 Å². The summed E-state index contributed by atoms with van der Waals surface area (Å²) in [5.74, 6) is 0.447. The van der Waals surface area contributed by atoms with E-state index in [-0.39, 0.29) is 18.4 Å². The Morgan fingerprint density at radius 1 is 1.07 bits per heavy atom. The third-order valence-electron chi connectivity index (χ3n) is 3.59. The van der Waals surface area contributed by atoms with Gasteiger partial charge in [0.2, 0.25) is 5.91 Å². The van der Waals surface area contributed by atoms with Crippen molar-refractivity contribution in [1.82, 2.24) is 4.90 Å². The maximum absolute atomic E-state index is 12.1. The minimum absolute atomic E-state index is 0.0803. The van der Waals surface area contributed by atoms with Crippen molar-refractivity contribution in [2.75, 3.05) is 37.9 Å². The normalized spacial score (nSPS) is 10.0. The zero-order valence-electron chi connectivity index (χ0n) is 15.9. The van der Waals surface area contributed by atoms with Gasteiger partial charge in [-0.15, -0.1) is 0 Å². The van der Waals surface area contributed by atoms with Gasteiger partial charge in [-0.3, -0.25) is 9.59 Å². The van der Waals surface area contributed by atoms with Gasteiger partial charge in [0.05, 0.1) is 6.54 Å². The molecule has 142 valence electrons. The molecule has 6 heteroatoms. The Balaban J connectivity index is 1.86. The SMILES string of the molecule is C=C(C)COc1cccc(NCC(=O)Nc2ccc(C(=O)N(C)C)cc2)c1. The molecule has 0 fully saturated rings. The van der Waals surface area contributed by atoms with Gasteiger partial charge in [-0.1, -0.05) is 12.6 Å². The smallest absolute Gasteiger partial charge is 0.253 e. The summed E-state index contributed by atoms with van der Waals surface area (Å²) in [6.45, 7) is 6.27. The highest BCUT2D eigenvalue weighted by molar-refractivity contribution is 5.96. The van der Waals surface area contributed by atoms with Gasteiger partial charge in [-0.25, -0.2) is 0 Å². The standard InChI is InChI=1S/C21H25N3O3/c1-15(2)14-27-19-7-5-6-18(12-19)22-13-20(25)23-17-10-8-16(9-11-17)21(26)24(3)4/h5-12,22H,1,13-14H2,2-4H3,(H,23,25). The lowest BCUT2D eigenvalue weighted by Crippen LogP contribution is -2.23. The summed E-state index contributed by atoms with van der Waals surface area (Å²) < 4.78 is 5.59. The number of carbonyl (C=O) groups excluding carboxylic acids is 2. The van der Waals surface area contributed by atoms with E-state index in [9.17, 15) is 9.59 Å². The summed E-state index contributed by atoms with van der Waals surface area (Å²) in [6, 6.07) is 14.2. The number of hydrogen-bond donors (Lipinski definition) is 2. The average molecular weight is 367 g/mol. The molecule has 0 saturated carbocycles. The van der Waals surface area contributed by atoms with Gasteiger partial charge in [0.15, 0.2) is 0 Å². The van der Waals surface area contributed by atoms with Crippen molar-refractivity contribution in [2.45, 2.75) is 6.92 Å². The van der Waals surface area contributed by atoms with E-state index in [4.69, 9.17) is 4.74 Å². The number of ether oxygens (including phenoxy) is 1. The molecule has 2 rings (SSSR count). The van der Waals surface area contributed by atoms with Gasteiger partial charge in [-0.2, -0.15) is 0 Å². The number of hydrogen-bond acceptors (Lipinski definition) is 4. The minimum atomic E-state index is -0.185. The summed E-state index contributed by atoms with van der Waals surface area (Å²) in [5, 5.41) is 5.86. The average Bonchev–Trinajstić information content (AvgIpc) is 2.65. The Hall–Kier alpha value is -3.28. The molecular weight excluding hydrogens is 342 g/mol. The molecule has 27 heavy (non-hydrogen) atoms. The minimum Gasteiger partial charge on any atom is -0.489 e. The molecule has 0 bridgehead atoms. The number of carbonyl (C=O) groups is 2. The molecule has 6 nitrogen and oxygen atoms in total. The highest BCUT2D eigenvalue weighted by Gasteiger charge is 2.08. The predicted molar refractivity (Wildman–Crippen MR) is 108 cm³/mol. The third-order valence-corrected chi connectivity index (χ3v) is 3.59. The fourth-order valence-electron chi connectivity index (χ4n) is 2.24. The van der Waals surface area contributed by atoms with Crippen LogP contribution in [0.5, 0.6) is 5.75 Å². The number of amides is 2. The van der Waals surface area contributed by atoms with Crippen molar-refractivity contribution in [3.05, 3.63) is 66.2 Å². The van der Waals surface area contributed by atoms with E-state index in [1.165, 1.54) is 4.90 Å². The molecule has 0 radical (unpaired) electrons. The quantitative estimate of drug-likeness (QED) is 0.702. The summed E-state index contributed by atoms with van der Waals surface area (Å²) in [4.78, 5) is 25.5. The first kappa shape index (κ1) is 20.0. The molecule has 0 aromatic heterocycles. The van der Waals surface area contributed by atoms with Crippen LogP contribution in [0.4, 0.5) is 11.4 Å². The first-order valence-corrected chi connectivity index (χ1v) is 8.58. The maximum atomic E-state index is 12.1. The first-order chi connectivity index (χ1) is 12.8. The fourth-order valence-corrected chi connectivity index (χ4v) is 2.24. The van der Waals surface area contributed by atoms with E-state index < -0.39 is 0 Å². The van der Waals surface area contributed by atoms with Gasteiger partial charge in [0.1, 0.15) is 12.4 Å². The van der Waals surface area contributed by atoms with Gasteiger partial charge >= 0.3 is 0 Å². The largest absolute Gasteiger partial charge is 0.489 e. The highest BCUT2D eigenvalue weighted by Crippen LogP contribution is 2.18. The van der Waals surface area contributed by atoms with Crippen LogP contribution in [0.1, 0.15) is 17.3 Å². The van der Waals surface area contributed by atoms with Crippen LogP contribution < -0.4 is 15.4 Å². The van der Waals surface area contributed by atoms with Crippen LogP contribution in [-0.2, 0) is 4.79 Å². The zero-order valence-corrected chi connectivity index (χ0v) is 15.9. The number of nitrogens with one attached hydrogen (secondary N) is 2. The summed E-state index contributed by atoms with van der Waals surface area (Å²) >= 11 is 0. The van der Waals surface area contributed by atoms with Crippen LogP contribution >= 0.6 is 0 Å². The first-order valence-electron chi connectivity index (χ1n) is 8.58. The molecule has 0 heterocycles. The van der Waals surface area contributed by atoms with Crippen molar-refractivity contribution >= 4 is 23.2 Å². The second-order valence-electron chi connectivity index (χ2n) is 6.45.